The van der Waals surface area contributed by atoms with E-state index in [-0.39, 0.29) is 23.2 Å². The van der Waals surface area contributed by atoms with E-state index in [9.17, 15) is 4.79 Å². The van der Waals surface area contributed by atoms with Gasteiger partial charge in [-0.2, -0.15) is 0 Å². The van der Waals surface area contributed by atoms with Crippen LogP contribution in [0, 0.1) is 17.3 Å². The minimum atomic E-state index is -0.956. The Kier molecular flexibility index (Phi) is 7.79. The fraction of sp³-hybridized carbons (Fsp3) is 0.387. The molecule has 1 fully saturated rings. The summed E-state index contributed by atoms with van der Waals surface area (Å²) in [6.45, 7) is 6.77. The second-order valence-electron chi connectivity index (χ2n) is 9.84. The molecule has 0 aromatic heterocycles. The first kappa shape index (κ1) is 26.6. The SMILES string of the molecule is CCOC(=O)C1C(COC(c2ccc(OC)cc2)(c2ccc(OC)cc2)c2ccc(OC)cc2)C1(C)C. The number of methoxy groups -OCH3 is 3. The van der Waals surface area contributed by atoms with Crippen LogP contribution in [0.3, 0.4) is 0 Å². The van der Waals surface area contributed by atoms with E-state index in [0.717, 1.165) is 33.9 Å². The van der Waals surface area contributed by atoms with Crippen molar-refractivity contribution in [1.29, 1.82) is 0 Å². The highest BCUT2D eigenvalue weighted by molar-refractivity contribution is 5.77. The maximum absolute atomic E-state index is 12.7. The number of hydrogen-bond donors (Lipinski definition) is 0. The van der Waals surface area contributed by atoms with Crippen molar-refractivity contribution in [3.05, 3.63) is 89.5 Å². The lowest BCUT2D eigenvalue weighted by atomic mass is 9.80. The number of carbonyl (C=O) groups excluding carboxylic acids is 1. The van der Waals surface area contributed by atoms with E-state index in [4.69, 9.17) is 23.7 Å². The first-order chi connectivity index (χ1) is 17.8. The number of hydrogen-bond acceptors (Lipinski definition) is 6. The van der Waals surface area contributed by atoms with Crippen molar-refractivity contribution in [2.45, 2.75) is 26.4 Å². The van der Waals surface area contributed by atoms with Crippen molar-refractivity contribution < 1.29 is 28.5 Å². The molecule has 0 amide bonds. The number of rotatable bonds is 11. The Morgan fingerprint density at radius 3 is 1.43 bits per heavy atom. The second kappa shape index (κ2) is 10.9. The van der Waals surface area contributed by atoms with Gasteiger partial charge in [0.25, 0.3) is 0 Å². The standard InChI is InChI=1S/C31H36O6/c1-7-36-29(32)28-27(30(28,2)3)20-37-31(21-8-14-24(33-4)15-9-21,22-10-16-25(34-5)17-11-22)23-12-18-26(35-6)19-13-23/h8-19,27-28H,7,20H2,1-6H3. The first-order valence-corrected chi connectivity index (χ1v) is 12.6. The lowest BCUT2D eigenvalue weighted by Gasteiger charge is -2.36. The van der Waals surface area contributed by atoms with Crippen molar-refractivity contribution in [3.63, 3.8) is 0 Å². The lowest BCUT2D eigenvalue weighted by Crippen LogP contribution is -2.34. The van der Waals surface area contributed by atoms with Crippen LogP contribution in [0.4, 0.5) is 0 Å². The van der Waals surface area contributed by atoms with Crippen LogP contribution in [0.2, 0.25) is 0 Å². The molecule has 1 saturated carbocycles. The zero-order valence-electron chi connectivity index (χ0n) is 22.4. The second-order valence-corrected chi connectivity index (χ2v) is 9.84. The van der Waals surface area contributed by atoms with Gasteiger partial charge in [-0.15, -0.1) is 0 Å². The van der Waals surface area contributed by atoms with Crippen molar-refractivity contribution in [3.8, 4) is 17.2 Å². The third-order valence-corrected chi connectivity index (χ3v) is 7.56. The summed E-state index contributed by atoms with van der Waals surface area (Å²) < 4.78 is 28.6. The highest BCUT2D eigenvalue weighted by Crippen LogP contribution is 2.59. The molecule has 3 aromatic carbocycles. The van der Waals surface area contributed by atoms with E-state index < -0.39 is 5.60 Å². The van der Waals surface area contributed by atoms with Crippen LogP contribution >= 0.6 is 0 Å². The van der Waals surface area contributed by atoms with Crippen LogP contribution in [-0.4, -0.2) is 40.5 Å². The summed E-state index contributed by atoms with van der Waals surface area (Å²) in [6.07, 6.45) is 0. The van der Waals surface area contributed by atoms with Gasteiger partial charge in [-0.05, 0) is 65.4 Å². The first-order valence-electron chi connectivity index (χ1n) is 12.6. The number of carbonyl (C=O) groups is 1. The van der Waals surface area contributed by atoms with Crippen LogP contribution in [0.15, 0.2) is 72.8 Å². The molecule has 0 heterocycles. The molecule has 0 N–H and O–H groups in total. The molecule has 6 heteroatoms. The summed E-state index contributed by atoms with van der Waals surface area (Å²) in [6, 6.07) is 23.7. The van der Waals surface area contributed by atoms with Crippen molar-refractivity contribution in [2.75, 3.05) is 34.5 Å². The largest absolute Gasteiger partial charge is 0.497 e. The molecule has 0 radical (unpaired) electrons. The molecule has 37 heavy (non-hydrogen) atoms. The Morgan fingerprint density at radius 1 is 0.730 bits per heavy atom. The zero-order chi connectivity index (χ0) is 26.6. The summed E-state index contributed by atoms with van der Waals surface area (Å²) in [5.41, 5.74) is 1.65. The van der Waals surface area contributed by atoms with Crippen LogP contribution in [0.1, 0.15) is 37.5 Å². The number of benzene rings is 3. The molecule has 4 rings (SSSR count). The highest BCUT2D eigenvalue weighted by atomic mass is 16.5. The van der Waals surface area contributed by atoms with Gasteiger partial charge >= 0.3 is 5.97 Å². The average molecular weight is 505 g/mol. The molecule has 1 aliphatic rings. The third kappa shape index (κ3) is 5.03. The van der Waals surface area contributed by atoms with Gasteiger partial charge in [-0.1, -0.05) is 50.2 Å². The summed E-state index contributed by atoms with van der Waals surface area (Å²) in [5, 5.41) is 0. The molecule has 1 aliphatic carbocycles. The summed E-state index contributed by atoms with van der Waals surface area (Å²) >= 11 is 0. The van der Waals surface area contributed by atoms with Crippen LogP contribution < -0.4 is 14.2 Å². The van der Waals surface area contributed by atoms with Gasteiger partial charge in [-0.3, -0.25) is 4.79 Å². The maximum Gasteiger partial charge on any atom is 0.309 e. The van der Waals surface area contributed by atoms with Gasteiger partial charge < -0.3 is 23.7 Å². The molecule has 0 spiro atoms. The summed E-state index contributed by atoms with van der Waals surface area (Å²) in [4.78, 5) is 12.7. The smallest absolute Gasteiger partial charge is 0.309 e. The van der Waals surface area contributed by atoms with E-state index in [1.54, 1.807) is 21.3 Å². The van der Waals surface area contributed by atoms with Crippen LogP contribution in [0.25, 0.3) is 0 Å². The maximum atomic E-state index is 12.7. The minimum absolute atomic E-state index is 0.0284. The Balaban J connectivity index is 1.83. The van der Waals surface area contributed by atoms with Crippen molar-refractivity contribution in [2.24, 2.45) is 17.3 Å². The minimum Gasteiger partial charge on any atom is -0.497 e. The fourth-order valence-electron chi connectivity index (χ4n) is 5.20. The Hall–Kier alpha value is -3.51. The lowest BCUT2D eigenvalue weighted by molar-refractivity contribution is -0.146. The number of esters is 1. The molecule has 0 bridgehead atoms. The van der Waals surface area contributed by atoms with Gasteiger partial charge in [-0.25, -0.2) is 0 Å². The van der Waals surface area contributed by atoms with Crippen molar-refractivity contribution >= 4 is 5.97 Å². The molecule has 2 unspecified atom stereocenters. The van der Waals surface area contributed by atoms with E-state index in [2.05, 4.69) is 13.8 Å². The third-order valence-electron chi connectivity index (χ3n) is 7.56. The molecule has 3 aromatic rings. The average Bonchev–Trinajstić information content (AvgIpc) is 3.50. The number of ether oxygens (including phenoxy) is 5. The molecular weight excluding hydrogens is 468 g/mol. The molecular formula is C31H36O6. The summed E-state index contributed by atoms with van der Waals surface area (Å²) in [5.74, 6) is 1.94. The monoisotopic (exact) mass is 504 g/mol. The molecule has 0 aliphatic heterocycles. The van der Waals surface area contributed by atoms with E-state index in [0.29, 0.717) is 13.2 Å². The van der Waals surface area contributed by atoms with E-state index in [1.165, 1.54) is 0 Å². The molecule has 6 nitrogen and oxygen atoms in total. The molecule has 2 atom stereocenters. The normalized spacial score (nSPS) is 18.1. The predicted molar refractivity (Wildman–Crippen MR) is 142 cm³/mol. The Bertz CT molecular complexity index is 1070. The van der Waals surface area contributed by atoms with Gasteiger partial charge in [0, 0.05) is 5.92 Å². The quantitative estimate of drug-likeness (QED) is 0.241. The fourth-order valence-corrected chi connectivity index (χ4v) is 5.20. The van der Waals surface area contributed by atoms with Gasteiger partial charge in [0.15, 0.2) is 0 Å². The zero-order valence-corrected chi connectivity index (χ0v) is 22.4. The van der Waals surface area contributed by atoms with E-state index in [1.807, 2.05) is 79.7 Å². The van der Waals surface area contributed by atoms with E-state index >= 15 is 0 Å². The Morgan fingerprint density at radius 2 is 1.11 bits per heavy atom. The highest BCUT2D eigenvalue weighted by Gasteiger charge is 2.63. The summed E-state index contributed by atoms with van der Waals surface area (Å²) in [7, 11) is 4.95. The Labute approximate surface area is 219 Å². The molecule has 0 saturated heterocycles. The van der Waals surface area contributed by atoms with Gasteiger partial charge in [0.05, 0.1) is 40.5 Å². The molecule has 196 valence electrons. The van der Waals surface area contributed by atoms with Crippen LogP contribution in [0.5, 0.6) is 17.2 Å². The van der Waals surface area contributed by atoms with Gasteiger partial charge in [0.1, 0.15) is 22.8 Å². The van der Waals surface area contributed by atoms with Crippen molar-refractivity contribution in [1.82, 2.24) is 0 Å². The predicted octanol–water partition coefficient (Wildman–Crippen LogP) is 5.86. The van der Waals surface area contributed by atoms with Gasteiger partial charge in [0.2, 0.25) is 0 Å². The topological polar surface area (TPSA) is 63.2 Å². The van der Waals surface area contributed by atoms with Crippen LogP contribution in [-0.2, 0) is 19.9 Å².